The largest absolute Gasteiger partial charge is 0.497 e. The maximum Gasteiger partial charge on any atom is 0.289 e. The van der Waals surface area contributed by atoms with Crippen molar-refractivity contribution in [2.24, 2.45) is 5.10 Å². The fourth-order valence-electron chi connectivity index (χ4n) is 2.58. The molecule has 0 atom stereocenters. The van der Waals surface area contributed by atoms with E-state index >= 15 is 0 Å². The summed E-state index contributed by atoms with van der Waals surface area (Å²) < 4.78 is 38.1. The molecule has 0 radical (unpaired) electrons. The summed E-state index contributed by atoms with van der Waals surface area (Å²) in [5.74, 6) is -0.273. The minimum atomic E-state index is -4.55. The van der Waals surface area contributed by atoms with Gasteiger partial charge in [0.1, 0.15) is 18.0 Å². The number of nitro groups is 1. The van der Waals surface area contributed by atoms with Crippen LogP contribution in [-0.4, -0.2) is 45.7 Å². The first-order chi connectivity index (χ1) is 14.6. The molecule has 0 unspecified atom stereocenters. The zero-order chi connectivity index (χ0) is 23.2. The minimum absolute atomic E-state index is 0.00574. The van der Waals surface area contributed by atoms with E-state index in [9.17, 15) is 23.3 Å². The summed E-state index contributed by atoms with van der Waals surface area (Å²) in [5.41, 5.74) is 2.16. The number of methoxy groups -OCH3 is 2. The smallest absolute Gasteiger partial charge is 0.289 e. The second-order valence-corrected chi connectivity index (χ2v) is 8.20. The lowest BCUT2D eigenvalue weighted by molar-refractivity contribution is -0.387. The fraction of sp³-hybridized carbons (Fsp3) is 0.263. The van der Waals surface area contributed by atoms with E-state index in [1.165, 1.54) is 44.6 Å². The summed E-state index contributed by atoms with van der Waals surface area (Å²) in [6, 6.07) is 9.17. The van der Waals surface area contributed by atoms with Crippen LogP contribution < -0.4 is 19.2 Å². The third-order valence-electron chi connectivity index (χ3n) is 3.98. The van der Waals surface area contributed by atoms with Gasteiger partial charge < -0.3 is 9.47 Å². The molecule has 0 aliphatic rings. The number of hydrazone groups is 1. The number of nitrogens with one attached hydrogen (secondary N) is 1. The van der Waals surface area contributed by atoms with Gasteiger partial charge in [-0.2, -0.15) is 5.10 Å². The molecular formula is C19H22N4O7S. The van der Waals surface area contributed by atoms with Crippen LogP contribution in [0, 0.1) is 10.1 Å². The molecule has 2 aromatic carbocycles. The van der Waals surface area contributed by atoms with Gasteiger partial charge in [0.2, 0.25) is 0 Å². The van der Waals surface area contributed by atoms with E-state index in [2.05, 4.69) is 10.5 Å². The summed E-state index contributed by atoms with van der Waals surface area (Å²) in [5, 5.41) is 15.2. The molecule has 0 aliphatic heterocycles. The third-order valence-corrected chi connectivity index (χ3v) is 5.78. The Morgan fingerprint density at radius 2 is 1.84 bits per heavy atom. The van der Waals surface area contributed by atoms with Crippen molar-refractivity contribution in [3.63, 3.8) is 0 Å². The van der Waals surface area contributed by atoms with E-state index in [0.29, 0.717) is 11.5 Å². The molecule has 166 valence electrons. The van der Waals surface area contributed by atoms with Crippen LogP contribution >= 0.6 is 0 Å². The number of nitrogens with zero attached hydrogens (tertiary/aromatic N) is 3. The van der Waals surface area contributed by atoms with E-state index < -0.39 is 38.0 Å². The van der Waals surface area contributed by atoms with E-state index in [0.717, 1.165) is 16.4 Å². The molecule has 2 aromatic rings. The molecule has 11 nitrogen and oxygen atoms in total. The SMILES string of the molecule is COc1ccc(N(CC(=O)NN=C(C)C)S(=O)(=O)c2ccccc2[N+](=O)[O-])c(OC)c1. The molecule has 0 bridgehead atoms. The van der Waals surface area contributed by atoms with Crippen LogP contribution in [0.15, 0.2) is 52.5 Å². The van der Waals surface area contributed by atoms with Crippen molar-refractivity contribution in [2.75, 3.05) is 25.1 Å². The Bertz CT molecular complexity index is 1110. The fourth-order valence-corrected chi connectivity index (χ4v) is 4.17. The van der Waals surface area contributed by atoms with Gasteiger partial charge in [0.15, 0.2) is 4.90 Å². The lowest BCUT2D eigenvalue weighted by Gasteiger charge is -2.25. The van der Waals surface area contributed by atoms with Crippen LogP contribution in [0.4, 0.5) is 11.4 Å². The number of amides is 1. The number of nitro benzene ring substituents is 1. The highest BCUT2D eigenvalue weighted by molar-refractivity contribution is 7.93. The Balaban J connectivity index is 2.67. The van der Waals surface area contributed by atoms with Gasteiger partial charge >= 0.3 is 0 Å². The number of hydrogen-bond acceptors (Lipinski definition) is 8. The molecule has 0 heterocycles. The molecule has 0 saturated heterocycles. The molecule has 31 heavy (non-hydrogen) atoms. The van der Waals surface area contributed by atoms with Gasteiger partial charge in [-0.05, 0) is 32.0 Å². The van der Waals surface area contributed by atoms with Crippen molar-refractivity contribution in [3.8, 4) is 11.5 Å². The monoisotopic (exact) mass is 450 g/mol. The minimum Gasteiger partial charge on any atom is -0.497 e. The van der Waals surface area contributed by atoms with Crippen molar-refractivity contribution < 1.29 is 27.6 Å². The summed E-state index contributed by atoms with van der Waals surface area (Å²) in [6.45, 7) is 2.59. The number of sulfonamides is 1. The first kappa shape index (κ1) is 23.6. The van der Waals surface area contributed by atoms with Crippen LogP contribution in [0.1, 0.15) is 13.8 Å². The molecule has 0 aromatic heterocycles. The Morgan fingerprint density at radius 3 is 2.42 bits per heavy atom. The van der Waals surface area contributed by atoms with Gasteiger partial charge in [-0.25, -0.2) is 13.8 Å². The number of carbonyl (C=O) groups is 1. The zero-order valence-corrected chi connectivity index (χ0v) is 18.2. The molecule has 2 rings (SSSR count). The van der Waals surface area contributed by atoms with Crippen LogP contribution in [0.25, 0.3) is 0 Å². The summed E-state index contributed by atoms with van der Waals surface area (Å²) >= 11 is 0. The van der Waals surface area contributed by atoms with E-state index in [1.807, 2.05) is 0 Å². The van der Waals surface area contributed by atoms with Gasteiger partial charge in [0.25, 0.3) is 21.6 Å². The first-order valence-corrected chi connectivity index (χ1v) is 10.3. The third kappa shape index (κ3) is 5.48. The van der Waals surface area contributed by atoms with E-state index in [1.54, 1.807) is 13.8 Å². The summed E-state index contributed by atoms with van der Waals surface area (Å²) in [6.07, 6.45) is 0. The molecule has 1 N–H and O–H groups in total. The topological polar surface area (TPSA) is 140 Å². The van der Waals surface area contributed by atoms with E-state index in [-0.39, 0.29) is 11.4 Å². The van der Waals surface area contributed by atoms with Crippen LogP contribution in [0.2, 0.25) is 0 Å². The quantitative estimate of drug-likeness (QED) is 0.351. The van der Waals surface area contributed by atoms with Gasteiger partial charge in [0, 0.05) is 17.8 Å². The first-order valence-electron chi connectivity index (χ1n) is 8.89. The lowest BCUT2D eigenvalue weighted by atomic mass is 10.2. The van der Waals surface area contributed by atoms with E-state index in [4.69, 9.17) is 9.47 Å². The predicted octanol–water partition coefficient (Wildman–Crippen LogP) is 2.32. The van der Waals surface area contributed by atoms with Crippen LogP contribution in [0.3, 0.4) is 0 Å². The van der Waals surface area contributed by atoms with Crippen molar-refractivity contribution in [3.05, 3.63) is 52.6 Å². The average Bonchev–Trinajstić information content (AvgIpc) is 2.75. The Kier molecular flexibility index (Phi) is 7.53. The summed E-state index contributed by atoms with van der Waals surface area (Å²) in [7, 11) is -1.81. The Morgan fingerprint density at radius 1 is 1.16 bits per heavy atom. The molecule has 0 fully saturated rings. The second kappa shape index (κ2) is 9.89. The molecule has 0 spiro atoms. The molecule has 1 amide bonds. The van der Waals surface area contributed by atoms with Gasteiger partial charge in [-0.15, -0.1) is 0 Å². The maximum absolute atomic E-state index is 13.5. The van der Waals surface area contributed by atoms with Crippen molar-refractivity contribution in [1.29, 1.82) is 0 Å². The standard InChI is InChI=1S/C19H22N4O7S/c1-13(2)20-21-19(24)12-22(15-10-9-14(29-3)11-17(15)30-4)31(27,28)18-8-6-5-7-16(18)23(25)26/h5-11H,12H2,1-4H3,(H,21,24). The number of anilines is 1. The summed E-state index contributed by atoms with van der Waals surface area (Å²) in [4.78, 5) is 22.5. The van der Waals surface area contributed by atoms with Crippen molar-refractivity contribution in [1.82, 2.24) is 5.43 Å². The normalized spacial score (nSPS) is 10.7. The number of para-hydroxylation sites is 1. The zero-order valence-electron chi connectivity index (χ0n) is 17.4. The average molecular weight is 450 g/mol. The van der Waals surface area contributed by atoms with Crippen molar-refractivity contribution >= 4 is 33.0 Å². The highest BCUT2D eigenvalue weighted by Gasteiger charge is 2.34. The van der Waals surface area contributed by atoms with Gasteiger partial charge in [-0.3, -0.25) is 19.2 Å². The highest BCUT2D eigenvalue weighted by Crippen LogP contribution is 2.37. The molecule has 0 aliphatic carbocycles. The predicted molar refractivity (Wildman–Crippen MR) is 114 cm³/mol. The number of rotatable bonds is 9. The van der Waals surface area contributed by atoms with Crippen LogP contribution in [-0.2, 0) is 14.8 Å². The number of ether oxygens (including phenoxy) is 2. The maximum atomic E-state index is 13.5. The number of benzene rings is 2. The van der Waals surface area contributed by atoms with Crippen LogP contribution in [0.5, 0.6) is 11.5 Å². The molecule has 12 heteroatoms. The Labute approximate surface area is 179 Å². The second-order valence-electron chi connectivity index (χ2n) is 6.37. The highest BCUT2D eigenvalue weighted by atomic mass is 32.2. The molecule has 0 saturated carbocycles. The Hall–Kier alpha value is -3.67. The number of carbonyl (C=O) groups excluding carboxylic acids is 1. The lowest BCUT2D eigenvalue weighted by Crippen LogP contribution is -2.40. The van der Waals surface area contributed by atoms with Crippen molar-refractivity contribution in [2.45, 2.75) is 18.7 Å². The molecular weight excluding hydrogens is 428 g/mol. The van der Waals surface area contributed by atoms with Gasteiger partial charge in [-0.1, -0.05) is 12.1 Å². The number of hydrogen-bond donors (Lipinski definition) is 1. The van der Waals surface area contributed by atoms with Gasteiger partial charge in [0.05, 0.1) is 24.8 Å².